The van der Waals surface area contributed by atoms with Crippen LogP contribution in [0, 0.1) is 10.8 Å². The van der Waals surface area contributed by atoms with Gasteiger partial charge in [-0.15, -0.1) is 0 Å². The van der Waals surface area contributed by atoms with E-state index in [1.165, 1.54) is 6.21 Å². The molecule has 0 amide bonds. The van der Waals surface area contributed by atoms with Crippen LogP contribution in [0.15, 0.2) is 16.7 Å². The van der Waals surface area contributed by atoms with Crippen molar-refractivity contribution in [3.8, 4) is 5.88 Å². The number of carbonyl (C=O) groups is 2. The number of rotatable bonds is 8. The number of likely N-dealkylation sites (N-methyl/N-ethyl adjacent to an activating group) is 1. The maximum absolute atomic E-state index is 13.8. The molecule has 3 heterocycles. The van der Waals surface area contributed by atoms with Crippen LogP contribution in [0.2, 0.25) is 0 Å². The van der Waals surface area contributed by atoms with Gasteiger partial charge in [0.25, 0.3) is 0 Å². The summed E-state index contributed by atoms with van der Waals surface area (Å²) in [5.41, 5.74) is 9.51. The highest BCUT2D eigenvalue weighted by Crippen LogP contribution is 2.45. The summed E-state index contributed by atoms with van der Waals surface area (Å²) in [6, 6.07) is 1.86. The minimum Gasteiger partial charge on any atom is -0.473 e. The second kappa shape index (κ2) is 12.8. The average Bonchev–Trinajstić information content (AvgIpc) is 3.42. The number of allylic oxidation sites excluding steroid dienone is 1. The number of hydrogen-bond donors (Lipinski definition) is 3. The molecule has 1 unspecified atom stereocenters. The van der Waals surface area contributed by atoms with Crippen LogP contribution in [0.5, 0.6) is 5.88 Å². The Morgan fingerprint density at radius 1 is 1.20 bits per heavy atom. The number of likely N-dealkylation sites (tertiary alicyclic amines) is 1. The van der Waals surface area contributed by atoms with Crippen molar-refractivity contribution in [3.05, 3.63) is 23.2 Å². The van der Waals surface area contributed by atoms with Crippen molar-refractivity contribution in [1.29, 1.82) is 5.41 Å². The number of carbonyl (C=O) groups excluding carboxylic acids is 2. The van der Waals surface area contributed by atoms with Gasteiger partial charge < -0.3 is 15.2 Å². The van der Waals surface area contributed by atoms with E-state index in [-0.39, 0.29) is 58.7 Å². The first-order chi connectivity index (χ1) is 19.8. The van der Waals surface area contributed by atoms with Crippen molar-refractivity contribution in [2.24, 2.45) is 16.3 Å². The van der Waals surface area contributed by atoms with Gasteiger partial charge in [-0.25, -0.2) is 4.98 Å². The minimum absolute atomic E-state index is 0.0272. The van der Waals surface area contributed by atoms with Crippen molar-refractivity contribution in [2.45, 2.75) is 102 Å². The van der Waals surface area contributed by atoms with Gasteiger partial charge in [0.15, 0.2) is 11.6 Å². The van der Waals surface area contributed by atoms with E-state index in [4.69, 9.17) is 20.6 Å². The van der Waals surface area contributed by atoms with Gasteiger partial charge in [0.2, 0.25) is 5.88 Å². The second-order valence-electron chi connectivity index (χ2n) is 11.9. The maximum Gasteiger partial charge on any atom is 0.217 e. The fourth-order valence-corrected chi connectivity index (χ4v) is 6.71. The van der Waals surface area contributed by atoms with Crippen LogP contribution < -0.4 is 15.9 Å². The zero-order valence-corrected chi connectivity index (χ0v) is 24.3. The number of nitrogens with two attached hydrogens (primary N) is 1. The Morgan fingerprint density at radius 2 is 2.02 bits per heavy atom. The van der Waals surface area contributed by atoms with Gasteiger partial charge in [0.05, 0.1) is 23.0 Å². The van der Waals surface area contributed by atoms with E-state index in [0.29, 0.717) is 44.3 Å². The first-order valence-electron chi connectivity index (χ1n) is 15.1. The van der Waals surface area contributed by atoms with E-state index in [2.05, 4.69) is 32.4 Å². The SMILES string of the molecule is C[C@H](Oc1cc(C(=N)/C=N\NC2CCCCO2)nc(C(N)=C2CCC[C@@]3(CCCCC3=O)C2=O)n1)[C@@H]1CCCN1C. The normalized spacial score (nSPS) is 29.6. The highest BCUT2D eigenvalue weighted by molar-refractivity contribution is 6.36. The molecule has 41 heavy (non-hydrogen) atoms. The van der Waals surface area contributed by atoms with Crippen molar-refractivity contribution < 1.29 is 19.1 Å². The van der Waals surface area contributed by atoms with Gasteiger partial charge in [-0.2, -0.15) is 10.1 Å². The lowest BCUT2D eigenvalue weighted by atomic mass is 9.62. The fraction of sp³-hybridized carbons (Fsp3) is 0.667. The molecule has 4 aliphatic rings. The summed E-state index contributed by atoms with van der Waals surface area (Å²) in [5.74, 6) is 0.265. The summed E-state index contributed by atoms with van der Waals surface area (Å²) in [6.07, 6.45) is 10.6. The average molecular weight is 566 g/mol. The molecule has 2 saturated heterocycles. The Labute approximate surface area is 241 Å². The van der Waals surface area contributed by atoms with Crippen molar-refractivity contribution >= 4 is 29.2 Å². The lowest BCUT2D eigenvalue weighted by Gasteiger charge is -2.38. The van der Waals surface area contributed by atoms with E-state index in [1.54, 1.807) is 6.07 Å². The predicted molar refractivity (Wildman–Crippen MR) is 156 cm³/mol. The number of ether oxygens (including phenoxy) is 2. The lowest BCUT2D eigenvalue weighted by molar-refractivity contribution is -0.143. The lowest BCUT2D eigenvalue weighted by Crippen LogP contribution is -2.45. The van der Waals surface area contributed by atoms with Crippen molar-refractivity contribution in [3.63, 3.8) is 0 Å². The van der Waals surface area contributed by atoms with Crippen LogP contribution in [0.4, 0.5) is 0 Å². The summed E-state index contributed by atoms with van der Waals surface area (Å²) >= 11 is 0. The first kappa shape index (κ1) is 29.3. The minimum atomic E-state index is -0.971. The van der Waals surface area contributed by atoms with E-state index < -0.39 is 5.41 Å². The zero-order valence-electron chi connectivity index (χ0n) is 24.3. The highest BCUT2D eigenvalue weighted by atomic mass is 16.5. The van der Waals surface area contributed by atoms with Crippen molar-refractivity contribution in [2.75, 3.05) is 20.2 Å². The molecule has 1 aromatic rings. The van der Waals surface area contributed by atoms with Gasteiger partial charge in [-0.1, -0.05) is 6.42 Å². The van der Waals surface area contributed by atoms with Crippen molar-refractivity contribution in [1.82, 2.24) is 20.3 Å². The van der Waals surface area contributed by atoms with Gasteiger partial charge >= 0.3 is 0 Å². The first-order valence-corrected chi connectivity index (χ1v) is 15.1. The standard InChI is InChI=1S/C30H43N7O4/c1-19(23-10-8-15-37(23)2)41-26-17-22(21(31)18-33-36-25-12-4-6-16-40-25)34-29(35-26)27(32)20-9-7-14-30(28(20)39)13-5-3-11-24(30)38/h17-19,23,25,31,36H,3-16,32H2,1-2H3/b27-20?,31-21?,33-18-/t19-,23-,25?,30+/m0/s1. The summed E-state index contributed by atoms with van der Waals surface area (Å²) in [6.45, 7) is 3.72. The van der Waals surface area contributed by atoms with E-state index in [9.17, 15) is 9.59 Å². The van der Waals surface area contributed by atoms with Gasteiger partial charge in [0, 0.05) is 30.7 Å². The topological polar surface area (TPSA) is 156 Å². The molecule has 1 aromatic heterocycles. The molecule has 5 rings (SSSR count). The third-order valence-electron chi connectivity index (χ3n) is 9.09. The number of nitrogens with zero attached hydrogens (tertiary/aromatic N) is 4. The Morgan fingerprint density at radius 3 is 2.76 bits per heavy atom. The van der Waals surface area contributed by atoms with E-state index in [1.807, 2.05) is 6.92 Å². The molecule has 1 spiro atoms. The fourth-order valence-electron chi connectivity index (χ4n) is 6.71. The quantitative estimate of drug-likeness (QED) is 0.186. The van der Waals surface area contributed by atoms with Gasteiger partial charge in [-0.05, 0) is 84.7 Å². The van der Waals surface area contributed by atoms with Crippen LogP contribution in [-0.4, -0.2) is 76.9 Å². The molecule has 0 aromatic carbocycles. The Hall–Kier alpha value is -3.18. The maximum atomic E-state index is 13.8. The number of Topliss-reactive ketones (excluding diaryl/α,β-unsaturated/α-hetero) is 2. The Bertz CT molecular complexity index is 1220. The van der Waals surface area contributed by atoms with Crippen LogP contribution in [0.3, 0.4) is 0 Å². The number of nitrogens with one attached hydrogen (secondary N) is 2. The molecule has 11 nitrogen and oxygen atoms in total. The predicted octanol–water partition coefficient (Wildman–Crippen LogP) is 3.36. The molecule has 2 saturated carbocycles. The summed E-state index contributed by atoms with van der Waals surface area (Å²) in [5, 5.41) is 12.9. The zero-order chi connectivity index (χ0) is 29.0. The molecule has 4 fully saturated rings. The largest absolute Gasteiger partial charge is 0.473 e. The summed E-state index contributed by atoms with van der Waals surface area (Å²) in [4.78, 5) is 38.2. The Balaban J connectivity index is 1.44. The smallest absolute Gasteiger partial charge is 0.217 e. The van der Waals surface area contributed by atoms with Gasteiger partial charge in [-0.3, -0.25) is 25.3 Å². The van der Waals surface area contributed by atoms with Crippen LogP contribution in [0.1, 0.15) is 95.5 Å². The molecule has 2 aliphatic carbocycles. The molecule has 2 aliphatic heterocycles. The third kappa shape index (κ3) is 6.35. The van der Waals surface area contributed by atoms with E-state index in [0.717, 1.165) is 51.5 Å². The highest BCUT2D eigenvalue weighted by Gasteiger charge is 2.49. The number of ketones is 2. The molecule has 0 radical (unpaired) electrons. The van der Waals surface area contributed by atoms with Gasteiger partial charge in [0.1, 0.15) is 23.8 Å². The molecular weight excluding hydrogens is 522 g/mol. The third-order valence-corrected chi connectivity index (χ3v) is 9.09. The second-order valence-corrected chi connectivity index (χ2v) is 11.9. The number of aromatic nitrogens is 2. The van der Waals surface area contributed by atoms with Crippen LogP contribution in [0.25, 0.3) is 5.70 Å². The van der Waals surface area contributed by atoms with Crippen LogP contribution in [-0.2, 0) is 14.3 Å². The molecule has 4 N–H and O–H groups in total. The number of hydrogen-bond acceptors (Lipinski definition) is 11. The van der Waals surface area contributed by atoms with E-state index >= 15 is 0 Å². The Kier molecular flexibility index (Phi) is 9.13. The molecule has 222 valence electrons. The summed E-state index contributed by atoms with van der Waals surface area (Å²) < 4.78 is 11.9. The van der Waals surface area contributed by atoms with Crippen LogP contribution >= 0.6 is 0 Å². The molecule has 4 atom stereocenters. The monoisotopic (exact) mass is 565 g/mol. The number of hydrazone groups is 1. The summed E-state index contributed by atoms with van der Waals surface area (Å²) in [7, 11) is 2.09. The molecule has 11 heteroatoms. The molecule has 0 bridgehead atoms. The molecular formula is C30H43N7O4.